The maximum Gasteiger partial charge on any atom is 0.243 e. The second-order valence-electron chi connectivity index (χ2n) is 6.47. The van der Waals surface area contributed by atoms with E-state index in [1.807, 2.05) is 35.2 Å². The highest BCUT2D eigenvalue weighted by Gasteiger charge is 2.48. The maximum absolute atomic E-state index is 12.2. The molecule has 2 aromatic rings. The van der Waals surface area contributed by atoms with Crippen molar-refractivity contribution in [2.75, 3.05) is 45.2 Å². The highest BCUT2D eigenvalue weighted by molar-refractivity contribution is 5.92. The zero-order chi connectivity index (χ0) is 19.3. The standard InChI is InChI=1S/C19H22N4O4/c1-27-18-10-6-5-9-17(18)23(22(25)26)13-11-21(12-14-23)15-19(24)20-16-7-3-2-4-8-16/h2-10H,11-15H2,1H3/p+1. The van der Waals surface area contributed by atoms with Gasteiger partial charge in [-0.1, -0.05) is 30.3 Å². The fraction of sp³-hybridized carbons (Fsp3) is 0.316. The summed E-state index contributed by atoms with van der Waals surface area (Å²) >= 11 is 0. The second-order valence-corrected chi connectivity index (χ2v) is 6.47. The van der Waals surface area contributed by atoms with Crippen molar-refractivity contribution in [2.24, 2.45) is 0 Å². The van der Waals surface area contributed by atoms with Crippen LogP contribution in [-0.4, -0.2) is 55.7 Å². The van der Waals surface area contributed by atoms with Gasteiger partial charge in [0.25, 0.3) is 0 Å². The molecule has 1 amide bonds. The van der Waals surface area contributed by atoms with Crippen LogP contribution in [0.3, 0.4) is 0 Å². The van der Waals surface area contributed by atoms with E-state index in [0.29, 0.717) is 24.5 Å². The van der Waals surface area contributed by atoms with Crippen LogP contribution in [0.2, 0.25) is 0 Å². The summed E-state index contributed by atoms with van der Waals surface area (Å²) in [4.78, 5) is 26.1. The molecule has 1 fully saturated rings. The van der Waals surface area contributed by atoms with Crippen LogP contribution in [-0.2, 0) is 4.79 Å². The minimum Gasteiger partial charge on any atom is -0.491 e. The SMILES string of the molecule is COc1ccccc1[N+]1([N+](=O)[O-])CCN(CC(=O)Nc2ccccc2)CC1. The van der Waals surface area contributed by atoms with Gasteiger partial charge in [0.1, 0.15) is 0 Å². The molecule has 0 bridgehead atoms. The minimum atomic E-state index is -0.388. The van der Waals surface area contributed by atoms with Crippen LogP contribution in [0, 0.1) is 10.1 Å². The maximum atomic E-state index is 12.2. The third-order valence-electron chi connectivity index (χ3n) is 4.84. The lowest BCUT2D eigenvalue weighted by atomic mass is 10.2. The van der Waals surface area contributed by atoms with Crippen molar-refractivity contribution >= 4 is 17.3 Å². The number of para-hydroxylation sites is 3. The molecule has 0 aliphatic carbocycles. The number of amides is 1. The number of benzene rings is 2. The number of rotatable bonds is 6. The number of quaternary nitrogens is 1. The van der Waals surface area contributed by atoms with Gasteiger partial charge in [-0.3, -0.25) is 9.69 Å². The number of carbonyl (C=O) groups is 1. The molecule has 1 N–H and O–H groups in total. The number of anilines is 1. The summed E-state index contributed by atoms with van der Waals surface area (Å²) in [7, 11) is 1.51. The highest BCUT2D eigenvalue weighted by Crippen LogP contribution is 2.34. The van der Waals surface area contributed by atoms with Crippen molar-refractivity contribution in [2.45, 2.75) is 0 Å². The minimum absolute atomic E-state index is 0.125. The Kier molecular flexibility index (Phi) is 5.68. The highest BCUT2D eigenvalue weighted by atomic mass is 16.7. The predicted molar refractivity (Wildman–Crippen MR) is 103 cm³/mol. The van der Waals surface area contributed by atoms with Crippen LogP contribution in [0.5, 0.6) is 5.75 Å². The monoisotopic (exact) mass is 371 g/mol. The molecule has 142 valence electrons. The lowest BCUT2D eigenvalue weighted by Gasteiger charge is -2.35. The molecule has 0 saturated carbocycles. The van der Waals surface area contributed by atoms with Crippen LogP contribution < -0.4 is 14.6 Å². The van der Waals surface area contributed by atoms with Gasteiger partial charge in [0, 0.05) is 11.8 Å². The fourth-order valence-electron chi connectivity index (χ4n) is 3.39. The topological polar surface area (TPSA) is 84.7 Å². The zero-order valence-electron chi connectivity index (χ0n) is 15.2. The van der Waals surface area contributed by atoms with E-state index in [1.165, 1.54) is 7.11 Å². The molecule has 0 unspecified atom stereocenters. The first-order valence-corrected chi connectivity index (χ1v) is 8.78. The molecular weight excluding hydrogens is 348 g/mol. The van der Waals surface area contributed by atoms with E-state index in [4.69, 9.17) is 4.74 Å². The van der Waals surface area contributed by atoms with Crippen molar-refractivity contribution in [1.82, 2.24) is 9.49 Å². The third kappa shape index (κ3) is 4.07. The average molecular weight is 371 g/mol. The van der Waals surface area contributed by atoms with Gasteiger partial charge in [0.15, 0.2) is 18.8 Å². The van der Waals surface area contributed by atoms with E-state index in [-0.39, 0.29) is 35.2 Å². The molecule has 27 heavy (non-hydrogen) atoms. The quantitative estimate of drug-likeness (QED) is 0.478. The molecule has 0 aromatic heterocycles. The molecule has 1 aliphatic rings. The Morgan fingerprint density at radius 1 is 1.15 bits per heavy atom. The Balaban J connectivity index is 1.67. The molecule has 8 nitrogen and oxygen atoms in total. The number of hydrogen-bond donors (Lipinski definition) is 1. The summed E-state index contributed by atoms with van der Waals surface area (Å²) in [6.45, 7) is 1.64. The Labute approximate surface area is 157 Å². The van der Waals surface area contributed by atoms with Crippen molar-refractivity contribution in [3.63, 3.8) is 0 Å². The fourth-order valence-corrected chi connectivity index (χ4v) is 3.39. The zero-order valence-corrected chi connectivity index (χ0v) is 15.2. The van der Waals surface area contributed by atoms with E-state index < -0.39 is 0 Å². The number of ether oxygens (including phenoxy) is 1. The van der Waals surface area contributed by atoms with Crippen LogP contribution in [0.4, 0.5) is 11.4 Å². The van der Waals surface area contributed by atoms with Crippen LogP contribution in [0.1, 0.15) is 0 Å². The molecule has 8 heteroatoms. The van der Waals surface area contributed by atoms with E-state index in [2.05, 4.69) is 5.32 Å². The molecule has 3 rings (SSSR count). The molecule has 1 aliphatic heterocycles. The molecule has 1 saturated heterocycles. The van der Waals surface area contributed by atoms with Gasteiger partial charge in [0.2, 0.25) is 16.6 Å². The van der Waals surface area contributed by atoms with Gasteiger partial charge in [-0.25, -0.2) is 10.1 Å². The van der Waals surface area contributed by atoms with Crippen LogP contribution in [0.25, 0.3) is 0 Å². The average Bonchev–Trinajstić information content (AvgIpc) is 2.69. The Hall–Kier alpha value is -2.97. The summed E-state index contributed by atoms with van der Waals surface area (Å²) in [5, 5.41) is 14.5. The molecule has 1 heterocycles. The summed E-state index contributed by atoms with van der Waals surface area (Å²) in [5.41, 5.74) is 1.28. The van der Waals surface area contributed by atoms with Crippen molar-refractivity contribution in [1.29, 1.82) is 0 Å². The van der Waals surface area contributed by atoms with Gasteiger partial charge in [-0.2, -0.15) is 0 Å². The number of carbonyl (C=O) groups excluding carboxylic acids is 1. The first-order valence-electron chi connectivity index (χ1n) is 8.78. The lowest BCUT2D eigenvalue weighted by molar-refractivity contribution is -0.644. The summed E-state index contributed by atoms with van der Waals surface area (Å²) in [5.74, 6) is 0.379. The first kappa shape index (κ1) is 18.8. The Morgan fingerprint density at radius 2 is 1.78 bits per heavy atom. The summed E-state index contributed by atoms with van der Waals surface area (Å²) < 4.78 is 4.95. The van der Waals surface area contributed by atoms with Gasteiger partial charge in [0.05, 0.1) is 26.7 Å². The first-order chi connectivity index (χ1) is 13.0. The normalized spacial score (nSPS) is 16.5. The van der Waals surface area contributed by atoms with Crippen molar-refractivity contribution in [3.05, 3.63) is 64.7 Å². The van der Waals surface area contributed by atoms with Gasteiger partial charge < -0.3 is 10.1 Å². The largest absolute Gasteiger partial charge is 0.491 e. The van der Waals surface area contributed by atoms with Crippen LogP contribution in [0.15, 0.2) is 54.6 Å². The van der Waals surface area contributed by atoms with Crippen molar-refractivity contribution < 1.29 is 14.6 Å². The number of methoxy groups -OCH3 is 1. The van der Waals surface area contributed by atoms with E-state index in [0.717, 1.165) is 5.69 Å². The van der Waals surface area contributed by atoms with Gasteiger partial charge >= 0.3 is 0 Å². The number of piperazine rings is 1. The Bertz CT molecular complexity index is 804. The van der Waals surface area contributed by atoms with Gasteiger partial charge in [-0.05, 0) is 22.8 Å². The molecule has 0 spiro atoms. The van der Waals surface area contributed by atoms with Crippen LogP contribution >= 0.6 is 0 Å². The molecular formula is C19H23N4O4+. The second kappa shape index (κ2) is 8.15. The van der Waals surface area contributed by atoms with Crippen molar-refractivity contribution in [3.8, 4) is 5.75 Å². The number of nitrogens with one attached hydrogen (secondary N) is 1. The molecule has 2 aromatic carbocycles. The van der Waals surface area contributed by atoms with E-state index in [9.17, 15) is 14.9 Å². The summed E-state index contributed by atoms with van der Waals surface area (Å²) in [6, 6.07) is 16.3. The number of nitrogens with zero attached hydrogens (tertiary/aromatic N) is 3. The molecule has 0 atom stereocenters. The van der Waals surface area contributed by atoms with Gasteiger partial charge in [-0.15, -0.1) is 0 Å². The smallest absolute Gasteiger partial charge is 0.243 e. The molecule has 0 radical (unpaired) electrons. The Morgan fingerprint density at radius 3 is 2.41 bits per heavy atom. The predicted octanol–water partition coefficient (Wildman–Crippen LogP) is 2.15. The summed E-state index contributed by atoms with van der Waals surface area (Å²) in [6.07, 6.45) is 0. The third-order valence-corrected chi connectivity index (χ3v) is 4.84. The van der Waals surface area contributed by atoms with E-state index in [1.54, 1.807) is 24.3 Å². The van der Waals surface area contributed by atoms with E-state index >= 15 is 0 Å². The lowest BCUT2D eigenvalue weighted by Crippen LogP contribution is -2.64. The number of nitro groups is 1. The number of hydrogen-bond acceptors (Lipinski definition) is 5.